The summed E-state index contributed by atoms with van der Waals surface area (Å²) in [4.78, 5) is 4.01. The van der Waals surface area contributed by atoms with Crippen LogP contribution in [0, 0.1) is 5.92 Å². The van der Waals surface area contributed by atoms with E-state index in [1.54, 1.807) is 6.20 Å². The molecule has 1 rings (SSSR count). The highest BCUT2D eigenvalue weighted by atomic mass is 16.5. The van der Waals surface area contributed by atoms with Gasteiger partial charge < -0.3 is 10.5 Å². The minimum atomic E-state index is 0.545. The molecule has 0 fully saturated rings. The smallest absolute Gasteiger partial charge is 0.0731 e. The monoisotopic (exact) mass is 194 g/mol. The highest BCUT2D eigenvalue weighted by Crippen LogP contribution is 2.02. The molecule has 0 amide bonds. The number of hydrogen-bond donors (Lipinski definition) is 1. The summed E-state index contributed by atoms with van der Waals surface area (Å²) >= 11 is 0. The first-order valence-corrected chi connectivity index (χ1v) is 4.99. The summed E-state index contributed by atoms with van der Waals surface area (Å²) in [5, 5.41) is 0. The van der Waals surface area contributed by atoms with Crippen LogP contribution in [0.15, 0.2) is 24.5 Å². The standard InChI is InChI=1S/C11H18N2O/c1-10(7-12)4-6-14-9-11-3-2-5-13-8-11/h2-3,5,8,10H,4,6-7,9,12H2,1H3. The van der Waals surface area contributed by atoms with Crippen molar-refractivity contribution < 1.29 is 4.74 Å². The van der Waals surface area contributed by atoms with Crippen LogP contribution in [0.5, 0.6) is 0 Å². The molecule has 0 spiro atoms. The lowest BCUT2D eigenvalue weighted by molar-refractivity contribution is 0.109. The van der Waals surface area contributed by atoms with Crippen molar-refractivity contribution in [3.63, 3.8) is 0 Å². The molecule has 1 atom stereocenters. The molecule has 2 N–H and O–H groups in total. The third-order valence-electron chi connectivity index (χ3n) is 2.15. The Hall–Kier alpha value is -0.930. The first-order chi connectivity index (χ1) is 6.83. The van der Waals surface area contributed by atoms with Crippen molar-refractivity contribution in [2.45, 2.75) is 20.0 Å². The van der Waals surface area contributed by atoms with Gasteiger partial charge in [-0.2, -0.15) is 0 Å². The van der Waals surface area contributed by atoms with Gasteiger partial charge in [-0.05, 0) is 30.5 Å². The summed E-state index contributed by atoms with van der Waals surface area (Å²) in [5.41, 5.74) is 6.62. The van der Waals surface area contributed by atoms with Gasteiger partial charge in [-0.1, -0.05) is 13.0 Å². The van der Waals surface area contributed by atoms with Crippen LogP contribution in [0.25, 0.3) is 0 Å². The van der Waals surface area contributed by atoms with Crippen LogP contribution in [-0.2, 0) is 11.3 Å². The predicted molar refractivity (Wildman–Crippen MR) is 56.7 cm³/mol. The van der Waals surface area contributed by atoms with Crippen molar-refractivity contribution in [1.82, 2.24) is 4.98 Å². The molecule has 0 aromatic carbocycles. The molecule has 0 aliphatic carbocycles. The number of nitrogens with two attached hydrogens (primary N) is 1. The lowest BCUT2D eigenvalue weighted by atomic mass is 10.1. The van der Waals surface area contributed by atoms with Crippen LogP contribution in [0.3, 0.4) is 0 Å². The highest BCUT2D eigenvalue weighted by molar-refractivity contribution is 5.06. The summed E-state index contributed by atoms with van der Waals surface area (Å²) in [7, 11) is 0. The maximum Gasteiger partial charge on any atom is 0.0731 e. The second kappa shape index (κ2) is 6.51. The molecule has 0 aliphatic rings. The Balaban J connectivity index is 2.10. The van der Waals surface area contributed by atoms with E-state index in [9.17, 15) is 0 Å². The fourth-order valence-electron chi connectivity index (χ4n) is 1.08. The Morgan fingerprint density at radius 1 is 1.57 bits per heavy atom. The van der Waals surface area contributed by atoms with E-state index in [1.165, 1.54) is 0 Å². The summed E-state index contributed by atoms with van der Waals surface area (Å²) in [6.45, 7) is 4.28. The summed E-state index contributed by atoms with van der Waals surface area (Å²) in [6.07, 6.45) is 4.61. The average Bonchev–Trinajstić information content (AvgIpc) is 2.25. The number of nitrogens with zero attached hydrogens (tertiary/aromatic N) is 1. The molecule has 78 valence electrons. The molecule has 1 aromatic heterocycles. The van der Waals surface area contributed by atoms with Crippen molar-refractivity contribution in [2.75, 3.05) is 13.2 Å². The number of ether oxygens (including phenoxy) is 1. The van der Waals surface area contributed by atoms with Crippen molar-refractivity contribution in [1.29, 1.82) is 0 Å². The molecule has 0 saturated carbocycles. The Labute approximate surface area is 85.3 Å². The molecule has 0 radical (unpaired) electrons. The third kappa shape index (κ3) is 4.35. The molecule has 3 nitrogen and oxygen atoms in total. The first-order valence-electron chi connectivity index (χ1n) is 4.99. The Morgan fingerprint density at radius 2 is 2.43 bits per heavy atom. The molecule has 0 aliphatic heterocycles. The summed E-state index contributed by atoms with van der Waals surface area (Å²) in [5.74, 6) is 0.545. The van der Waals surface area contributed by atoms with Crippen LogP contribution < -0.4 is 5.73 Å². The lowest BCUT2D eigenvalue weighted by Crippen LogP contribution is -2.12. The van der Waals surface area contributed by atoms with Crippen molar-refractivity contribution in [2.24, 2.45) is 11.7 Å². The lowest BCUT2D eigenvalue weighted by Gasteiger charge is -2.08. The van der Waals surface area contributed by atoms with E-state index in [0.29, 0.717) is 12.5 Å². The predicted octanol–water partition coefficient (Wildman–Crippen LogP) is 1.58. The molecule has 14 heavy (non-hydrogen) atoms. The zero-order chi connectivity index (χ0) is 10.2. The van der Waals surface area contributed by atoms with E-state index in [-0.39, 0.29) is 0 Å². The Morgan fingerprint density at radius 3 is 3.07 bits per heavy atom. The van der Waals surface area contributed by atoms with E-state index < -0.39 is 0 Å². The van der Waals surface area contributed by atoms with Gasteiger partial charge in [0.1, 0.15) is 0 Å². The van der Waals surface area contributed by atoms with Crippen molar-refractivity contribution in [3.8, 4) is 0 Å². The largest absolute Gasteiger partial charge is 0.377 e. The molecule has 1 aromatic rings. The highest BCUT2D eigenvalue weighted by Gasteiger charge is 1.98. The van der Waals surface area contributed by atoms with Gasteiger partial charge in [-0.3, -0.25) is 4.98 Å². The van der Waals surface area contributed by atoms with E-state index in [0.717, 1.165) is 25.1 Å². The van der Waals surface area contributed by atoms with Gasteiger partial charge in [0.2, 0.25) is 0 Å². The van der Waals surface area contributed by atoms with Crippen LogP contribution in [0.1, 0.15) is 18.9 Å². The number of aromatic nitrogens is 1. The topological polar surface area (TPSA) is 48.1 Å². The number of rotatable bonds is 6. The van der Waals surface area contributed by atoms with Gasteiger partial charge in [0.05, 0.1) is 6.61 Å². The van der Waals surface area contributed by atoms with Gasteiger partial charge in [-0.25, -0.2) is 0 Å². The van der Waals surface area contributed by atoms with E-state index in [1.807, 2.05) is 18.3 Å². The molecular formula is C11H18N2O. The van der Waals surface area contributed by atoms with Gasteiger partial charge in [0.15, 0.2) is 0 Å². The molecule has 1 unspecified atom stereocenters. The van der Waals surface area contributed by atoms with Gasteiger partial charge in [0, 0.05) is 19.0 Å². The molecule has 0 saturated heterocycles. The number of pyridine rings is 1. The van der Waals surface area contributed by atoms with Crippen LogP contribution in [0.4, 0.5) is 0 Å². The third-order valence-corrected chi connectivity index (χ3v) is 2.15. The fraction of sp³-hybridized carbons (Fsp3) is 0.545. The quantitative estimate of drug-likeness (QED) is 0.699. The van der Waals surface area contributed by atoms with E-state index in [4.69, 9.17) is 10.5 Å². The molecule has 1 heterocycles. The van der Waals surface area contributed by atoms with Crippen LogP contribution >= 0.6 is 0 Å². The minimum Gasteiger partial charge on any atom is -0.377 e. The summed E-state index contributed by atoms with van der Waals surface area (Å²) < 4.78 is 5.50. The van der Waals surface area contributed by atoms with Crippen LogP contribution in [-0.4, -0.2) is 18.1 Å². The van der Waals surface area contributed by atoms with Crippen LogP contribution in [0.2, 0.25) is 0 Å². The zero-order valence-electron chi connectivity index (χ0n) is 8.65. The van der Waals surface area contributed by atoms with Gasteiger partial charge in [0.25, 0.3) is 0 Å². The van der Waals surface area contributed by atoms with Crippen molar-refractivity contribution >= 4 is 0 Å². The zero-order valence-corrected chi connectivity index (χ0v) is 8.65. The molecule has 3 heteroatoms. The average molecular weight is 194 g/mol. The second-order valence-electron chi connectivity index (χ2n) is 3.54. The first kappa shape index (κ1) is 11.1. The summed E-state index contributed by atoms with van der Waals surface area (Å²) in [6, 6.07) is 3.93. The maximum absolute atomic E-state index is 5.50. The number of hydrogen-bond acceptors (Lipinski definition) is 3. The van der Waals surface area contributed by atoms with Crippen molar-refractivity contribution in [3.05, 3.63) is 30.1 Å². The van der Waals surface area contributed by atoms with E-state index >= 15 is 0 Å². The SMILES string of the molecule is CC(CN)CCOCc1cccnc1. The van der Waals surface area contributed by atoms with Gasteiger partial charge >= 0.3 is 0 Å². The van der Waals surface area contributed by atoms with E-state index in [2.05, 4.69) is 11.9 Å². The second-order valence-corrected chi connectivity index (χ2v) is 3.54. The Bertz CT molecular complexity index is 238. The fourth-order valence-corrected chi connectivity index (χ4v) is 1.08. The van der Waals surface area contributed by atoms with Gasteiger partial charge in [-0.15, -0.1) is 0 Å². The maximum atomic E-state index is 5.50. The molecular weight excluding hydrogens is 176 g/mol. The minimum absolute atomic E-state index is 0.545. The molecule has 0 bridgehead atoms. The Kier molecular flexibility index (Phi) is 5.19. The normalized spacial score (nSPS) is 12.7.